The van der Waals surface area contributed by atoms with Gasteiger partial charge in [-0.2, -0.15) is 0 Å². The van der Waals surface area contributed by atoms with E-state index < -0.39 is 0 Å². The van der Waals surface area contributed by atoms with Crippen LogP contribution in [-0.2, 0) is 19.6 Å². The standard InChI is InChI=1S/C27H27NO4/c1-3-7-20-15-25(29)32-27-18(2)26(30)21(14-24(20)27)16-28-22-10-12-23(13-11-22)31-17-19-8-5-4-6-9-19/h4-6,8-15,28,30H,3,7,16-17H2,1-2H3. The van der Waals surface area contributed by atoms with Crippen LogP contribution in [0, 0.1) is 6.92 Å². The molecule has 1 aromatic heterocycles. The Hall–Kier alpha value is -3.73. The van der Waals surface area contributed by atoms with Crippen molar-refractivity contribution >= 4 is 16.7 Å². The number of rotatable bonds is 8. The molecular weight excluding hydrogens is 402 g/mol. The molecule has 3 aromatic carbocycles. The highest BCUT2D eigenvalue weighted by molar-refractivity contribution is 5.86. The van der Waals surface area contributed by atoms with E-state index in [1.54, 1.807) is 13.0 Å². The number of phenolic OH excluding ortho intramolecular Hbond substituents is 1. The van der Waals surface area contributed by atoms with Gasteiger partial charge in [0.2, 0.25) is 0 Å². The van der Waals surface area contributed by atoms with E-state index >= 15 is 0 Å². The molecule has 0 radical (unpaired) electrons. The molecule has 0 amide bonds. The van der Waals surface area contributed by atoms with E-state index in [-0.39, 0.29) is 11.4 Å². The highest BCUT2D eigenvalue weighted by Crippen LogP contribution is 2.32. The van der Waals surface area contributed by atoms with Crippen molar-refractivity contribution in [2.75, 3.05) is 5.32 Å². The SMILES string of the molecule is CCCc1cc(=O)oc2c(C)c(O)c(CNc3ccc(OCc4ccccc4)cc3)cc12. The summed E-state index contributed by atoms with van der Waals surface area (Å²) < 4.78 is 11.2. The summed E-state index contributed by atoms with van der Waals surface area (Å²) in [5.74, 6) is 0.938. The number of anilines is 1. The Morgan fingerprint density at radius 1 is 1.00 bits per heavy atom. The Labute approximate surface area is 187 Å². The Morgan fingerprint density at radius 3 is 2.47 bits per heavy atom. The lowest BCUT2D eigenvalue weighted by atomic mass is 9.99. The van der Waals surface area contributed by atoms with Crippen LogP contribution in [0.25, 0.3) is 11.0 Å². The molecule has 0 atom stereocenters. The predicted octanol–water partition coefficient (Wildman–Crippen LogP) is 5.95. The van der Waals surface area contributed by atoms with Crippen LogP contribution in [0.2, 0.25) is 0 Å². The molecule has 0 spiro atoms. The van der Waals surface area contributed by atoms with E-state index in [1.807, 2.05) is 60.7 Å². The van der Waals surface area contributed by atoms with Crippen molar-refractivity contribution < 1.29 is 14.3 Å². The van der Waals surface area contributed by atoms with Crippen LogP contribution in [-0.4, -0.2) is 5.11 Å². The van der Waals surface area contributed by atoms with Gasteiger partial charge >= 0.3 is 5.63 Å². The second-order valence-electron chi connectivity index (χ2n) is 7.88. The fourth-order valence-corrected chi connectivity index (χ4v) is 3.80. The van der Waals surface area contributed by atoms with E-state index in [4.69, 9.17) is 9.15 Å². The van der Waals surface area contributed by atoms with Crippen LogP contribution in [0.1, 0.15) is 35.6 Å². The quantitative estimate of drug-likeness (QED) is 0.339. The third-order valence-electron chi connectivity index (χ3n) is 5.51. The molecule has 2 N–H and O–H groups in total. The fraction of sp³-hybridized carbons (Fsp3) is 0.222. The lowest BCUT2D eigenvalue weighted by Gasteiger charge is -2.14. The molecule has 0 aliphatic carbocycles. The molecule has 4 aromatic rings. The molecular formula is C27H27NO4. The minimum atomic E-state index is -0.385. The maximum Gasteiger partial charge on any atom is 0.336 e. The topological polar surface area (TPSA) is 71.7 Å². The van der Waals surface area contributed by atoms with E-state index in [0.29, 0.717) is 24.3 Å². The highest BCUT2D eigenvalue weighted by atomic mass is 16.5. The molecule has 32 heavy (non-hydrogen) atoms. The van der Waals surface area contributed by atoms with Crippen molar-refractivity contribution in [3.8, 4) is 11.5 Å². The van der Waals surface area contributed by atoms with Crippen LogP contribution in [0.5, 0.6) is 11.5 Å². The molecule has 0 fully saturated rings. The Morgan fingerprint density at radius 2 is 1.75 bits per heavy atom. The Balaban J connectivity index is 1.49. The summed E-state index contributed by atoms with van der Waals surface area (Å²) in [7, 11) is 0. The van der Waals surface area contributed by atoms with Gasteiger partial charge < -0.3 is 19.6 Å². The number of hydrogen-bond acceptors (Lipinski definition) is 5. The van der Waals surface area contributed by atoms with E-state index in [0.717, 1.165) is 46.4 Å². The number of benzene rings is 3. The summed E-state index contributed by atoms with van der Waals surface area (Å²) in [5, 5.41) is 14.9. The van der Waals surface area contributed by atoms with Gasteiger partial charge in [0.15, 0.2) is 0 Å². The first-order valence-corrected chi connectivity index (χ1v) is 10.8. The molecule has 4 rings (SSSR count). The molecule has 5 heteroatoms. The smallest absolute Gasteiger partial charge is 0.336 e. The summed E-state index contributed by atoms with van der Waals surface area (Å²) in [5.41, 5.74) is 4.40. The average Bonchev–Trinajstić information content (AvgIpc) is 2.81. The molecule has 0 aliphatic rings. The summed E-state index contributed by atoms with van der Waals surface area (Å²) >= 11 is 0. The lowest BCUT2D eigenvalue weighted by Crippen LogP contribution is -2.05. The molecule has 0 saturated carbocycles. The summed E-state index contributed by atoms with van der Waals surface area (Å²) in [6.07, 6.45) is 1.70. The van der Waals surface area contributed by atoms with E-state index in [9.17, 15) is 9.90 Å². The number of aryl methyl sites for hydroxylation is 2. The molecule has 0 saturated heterocycles. The Bertz CT molecular complexity index is 1260. The zero-order valence-corrected chi connectivity index (χ0v) is 18.4. The first kappa shape index (κ1) is 21.5. The molecule has 0 aliphatic heterocycles. The number of ether oxygens (including phenoxy) is 1. The largest absolute Gasteiger partial charge is 0.507 e. The van der Waals surface area contributed by atoms with Crippen molar-refractivity contribution in [1.82, 2.24) is 0 Å². The minimum absolute atomic E-state index is 0.143. The summed E-state index contributed by atoms with van der Waals surface area (Å²) in [6.45, 7) is 4.81. The first-order chi connectivity index (χ1) is 15.5. The van der Waals surface area contributed by atoms with Crippen molar-refractivity contribution in [2.24, 2.45) is 0 Å². The number of fused-ring (bicyclic) bond motifs is 1. The second-order valence-corrected chi connectivity index (χ2v) is 7.88. The molecule has 164 valence electrons. The Kier molecular flexibility index (Phi) is 6.45. The number of nitrogens with one attached hydrogen (secondary N) is 1. The van der Waals surface area contributed by atoms with Crippen LogP contribution in [0.3, 0.4) is 0 Å². The minimum Gasteiger partial charge on any atom is -0.507 e. The maximum atomic E-state index is 11.9. The van der Waals surface area contributed by atoms with E-state index in [1.165, 1.54) is 0 Å². The zero-order valence-electron chi connectivity index (χ0n) is 18.4. The first-order valence-electron chi connectivity index (χ1n) is 10.8. The zero-order chi connectivity index (χ0) is 22.5. The summed E-state index contributed by atoms with van der Waals surface area (Å²) in [6, 6.07) is 21.2. The van der Waals surface area contributed by atoms with Crippen molar-refractivity contribution in [2.45, 2.75) is 39.8 Å². The van der Waals surface area contributed by atoms with Crippen LogP contribution >= 0.6 is 0 Å². The van der Waals surface area contributed by atoms with Crippen molar-refractivity contribution in [3.63, 3.8) is 0 Å². The lowest BCUT2D eigenvalue weighted by molar-refractivity contribution is 0.306. The predicted molar refractivity (Wildman–Crippen MR) is 127 cm³/mol. The van der Waals surface area contributed by atoms with Gasteiger partial charge in [-0.3, -0.25) is 0 Å². The van der Waals surface area contributed by atoms with Gasteiger partial charge in [0.1, 0.15) is 23.7 Å². The van der Waals surface area contributed by atoms with Gasteiger partial charge in [-0.1, -0.05) is 43.7 Å². The molecule has 0 bridgehead atoms. The van der Waals surface area contributed by atoms with Crippen molar-refractivity contribution in [3.05, 3.63) is 99.4 Å². The highest BCUT2D eigenvalue weighted by Gasteiger charge is 2.15. The second kappa shape index (κ2) is 9.60. The van der Waals surface area contributed by atoms with Crippen LogP contribution < -0.4 is 15.7 Å². The van der Waals surface area contributed by atoms with Crippen molar-refractivity contribution in [1.29, 1.82) is 0 Å². The molecule has 1 heterocycles. The van der Waals surface area contributed by atoms with Crippen LogP contribution in [0.4, 0.5) is 5.69 Å². The van der Waals surface area contributed by atoms with Gasteiger partial charge in [0.05, 0.1) is 0 Å². The maximum absolute atomic E-state index is 11.9. The van der Waals surface area contributed by atoms with Gasteiger partial charge in [0, 0.05) is 34.8 Å². The fourth-order valence-electron chi connectivity index (χ4n) is 3.80. The normalized spacial score (nSPS) is 10.9. The van der Waals surface area contributed by atoms with Crippen LogP contribution in [0.15, 0.2) is 75.9 Å². The van der Waals surface area contributed by atoms with Gasteiger partial charge in [-0.05, 0) is 54.8 Å². The number of hydrogen-bond donors (Lipinski definition) is 2. The molecule has 0 unspecified atom stereocenters. The number of phenols is 1. The third-order valence-corrected chi connectivity index (χ3v) is 5.51. The monoisotopic (exact) mass is 429 g/mol. The van der Waals surface area contributed by atoms with Gasteiger partial charge in [0.25, 0.3) is 0 Å². The van der Waals surface area contributed by atoms with Gasteiger partial charge in [-0.25, -0.2) is 4.79 Å². The summed E-state index contributed by atoms with van der Waals surface area (Å²) in [4.78, 5) is 11.9. The third kappa shape index (κ3) is 4.78. The average molecular weight is 430 g/mol. The number of aromatic hydroxyl groups is 1. The molecule has 5 nitrogen and oxygen atoms in total. The van der Waals surface area contributed by atoms with Gasteiger partial charge in [-0.15, -0.1) is 0 Å². The van der Waals surface area contributed by atoms with E-state index in [2.05, 4.69) is 12.2 Å².